The van der Waals surface area contributed by atoms with Gasteiger partial charge in [-0.15, -0.1) is 0 Å². The third-order valence-electron chi connectivity index (χ3n) is 5.83. The number of nitrogens with zero attached hydrogens (tertiary/aromatic N) is 4. The van der Waals surface area contributed by atoms with Crippen LogP contribution in [0.4, 0.5) is 10.2 Å². The van der Waals surface area contributed by atoms with Crippen molar-refractivity contribution in [3.05, 3.63) is 61.8 Å². The molecule has 0 aliphatic carbocycles. The van der Waals surface area contributed by atoms with E-state index in [1.807, 2.05) is 51.5 Å². The van der Waals surface area contributed by atoms with E-state index in [-0.39, 0.29) is 6.67 Å². The Kier molecular flexibility index (Phi) is 12.0. The molecule has 3 heterocycles. The van der Waals surface area contributed by atoms with E-state index in [1.165, 1.54) is 0 Å². The fourth-order valence-corrected chi connectivity index (χ4v) is 4.04. The normalized spacial score (nSPS) is 17.1. The van der Waals surface area contributed by atoms with Gasteiger partial charge in [-0.3, -0.25) is 9.97 Å². The molecule has 4 rings (SSSR count). The van der Waals surface area contributed by atoms with E-state index in [1.54, 1.807) is 18.6 Å². The number of hydrogen-bond donors (Lipinski definition) is 2. The Bertz CT molecular complexity index is 981. The molecule has 3 aromatic rings. The first kappa shape index (κ1) is 27.2. The molecule has 1 saturated heterocycles. The van der Waals surface area contributed by atoms with E-state index >= 15 is 0 Å². The molecule has 2 N–H and O–H groups in total. The van der Waals surface area contributed by atoms with Crippen molar-refractivity contribution >= 4 is 16.6 Å². The highest BCUT2D eigenvalue weighted by Crippen LogP contribution is 2.23. The van der Waals surface area contributed by atoms with Gasteiger partial charge in [0.15, 0.2) is 0 Å². The Morgan fingerprint density at radius 3 is 2.62 bits per heavy atom. The summed E-state index contributed by atoms with van der Waals surface area (Å²) >= 11 is 0. The summed E-state index contributed by atoms with van der Waals surface area (Å²) in [5.74, 6) is 0.860. The van der Waals surface area contributed by atoms with Gasteiger partial charge in [-0.1, -0.05) is 39.5 Å². The van der Waals surface area contributed by atoms with Crippen molar-refractivity contribution in [2.75, 3.05) is 32.1 Å². The highest BCUT2D eigenvalue weighted by atomic mass is 19.1. The van der Waals surface area contributed by atoms with Gasteiger partial charge in [-0.2, -0.15) is 0 Å². The largest absolute Gasteiger partial charge is 0.375 e. The summed E-state index contributed by atoms with van der Waals surface area (Å²) in [4.78, 5) is 15.0. The number of benzene rings is 1. The highest BCUT2D eigenvalue weighted by Gasteiger charge is 2.24. The van der Waals surface area contributed by atoms with Crippen LogP contribution < -0.4 is 10.6 Å². The number of pyridine rings is 1. The minimum atomic E-state index is -0.265. The van der Waals surface area contributed by atoms with Crippen molar-refractivity contribution < 1.29 is 4.39 Å². The van der Waals surface area contributed by atoms with Crippen LogP contribution in [0.1, 0.15) is 40.0 Å². The number of anilines is 1. The van der Waals surface area contributed by atoms with Crippen LogP contribution in [0.5, 0.6) is 0 Å². The standard InChI is InChI=1S/C14H12N4.C11H21FN2.C2H6/c1-15-14-7-12-6-10(2-3-11(12)8-18-14)13-9-16-4-5-17-13;1-3-11-9-10(13-7-6-12)5-8-14(11)4-2;1-2/h2-9H,1H3,(H,15,18);4,10-11,13H,2-3,5-9H2,1H3;1-2H3/t;10?,11-;/m.0./s1. The van der Waals surface area contributed by atoms with E-state index in [9.17, 15) is 4.39 Å². The minimum absolute atomic E-state index is 0.265. The van der Waals surface area contributed by atoms with Crippen LogP contribution in [0.15, 0.2) is 61.8 Å². The summed E-state index contributed by atoms with van der Waals surface area (Å²) in [5.41, 5.74) is 1.94. The predicted octanol–water partition coefficient (Wildman–Crippen LogP) is 5.69. The lowest BCUT2D eigenvalue weighted by Crippen LogP contribution is -2.46. The van der Waals surface area contributed by atoms with Gasteiger partial charge in [0.2, 0.25) is 0 Å². The van der Waals surface area contributed by atoms with E-state index in [4.69, 9.17) is 0 Å². The maximum atomic E-state index is 12.0. The Labute approximate surface area is 203 Å². The molecule has 0 amide bonds. The topological polar surface area (TPSA) is 66.0 Å². The smallest absolute Gasteiger partial charge is 0.126 e. The zero-order chi connectivity index (χ0) is 24.8. The Morgan fingerprint density at radius 1 is 1.15 bits per heavy atom. The lowest BCUT2D eigenvalue weighted by atomic mass is 9.96. The SMILES string of the molecule is C=CN1CCC(NCCF)C[C@@H]1CC.CC.CNc1cc2cc(-c3cnccn3)ccc2cn1. The molecule has 6 nitrogen and oxygen atoms in total. The lowest BCUT2D eigenvalue weighted by Gasteiger charge is -2.38. The van der Waals surface area contributed by atoms with Crippen LogP contribution in [0.3, 0.4) is 0 Å². The average Bonchev–Trinajstić information content (AvgIpc) is 2.93. The molecule has 1 aromatic carbocycles. The van der Waals surface area contributed by atoms with Crippen LogP contribution in [-0.4, -0.2) is 58.7 Å². The first-order chi connectivity index (χ1) is 16.7. The van der Waals surface area contributed by atoms with Crippen LogP contribution in [0.25, 0.3) is 22.0 Å². The number of hydrogen-bond acceptors (Lipinski definition) is 6. The molecule has 34 heavy (non-hydrogen) atoms. The predicted molar refractivity (Wildman–Crippen MR) is 142 cm³/mol. The number of likely N-dealkylation sites (tertiary alicyclic amines) is 1. The molecule has 1 unspecified atom stereocenters. The van der Waals surface area contributed by atoms with Crippen molar-refractivity contribution in [3.63, 3.8) is 0 Å². The molecule has 7 heteroatoms. The quantitative estimate of drug-likeness (QED) is 0.466. The van der Waals surface area contributed by atoms with Crippen molar-refractivity contribution in [1.29, 1.82) is 0 Å². The summed E-state index contributed by atoms with van der Waals surface area (Å²) in [6.45, 7) is 11.3. The van der Waals surface area contributed by atoms with Crippen LogP contribution in [0, 0.1) is 0 Å². The zero-order valence-electron chi connectivity index (χ0n) is 21.0. The third-order valence-corrected chi connectivity index (χ3v) is 5.83. The van der Waals surface area contributed by atoms with Crippen molar-refractivity contribution in [2.45, 2.75) is 52.1 Å². The molecule has 1 aliphatic rings. The molecule has 1 aliphatic heterocycles. The summed E-state index contributed by atoms with van der Waals surface area (Å²) in [7, 11) is 1.86. The van der Waals surface area contributed by atoms with Crippen LogP contribution >= 0.6 is 0 Å². The van der Waals surface area contributed by atoms with Gasteiger partial charge in [-0.25, -0.2) is 9.37 Å². The minimum Gasteiger partial charge on any atom is -0.375 e. The second-order valence-electron chi connectivity index (χ2n) is 7.82. The van der Waals surface area contributed by atoms with Gasteiger partial charge in [0.05, 0.1) is 11.9 Å². The molecule has 2 atom stereocenters. The lowest BCUT2D eigenvalue weighted by molar-refractivity contribution is 0.174. The fraction of sp³-hybridized carbons (Fsp3) is 0.444. The molecule has 1 fully saturated rings. The van der Waals surface area contributed by atoms with E-state index in [2.05, 4.69) is 50.1 Å². The maximum absolute atomic E-state index is 12.0. The maximum Gasteiger partial charge on any atom is 0.126 e. The number of aromatic nitrogens is 3. The Balaban J connectivity index is 0.000000231. The number of alkyl halides is 1. The van der Waals surface area contributed by atoms with Gasteiger partial charge in [-0.05, 0) is 43.0 Å². The monoisotopic (exact) mass is 466 g/mol. The first-order valence-corrected chi connectivity index (χ1v) is 12.2. The van der Waals surface area contributed by atoms with Crippen LogP contribution in [0.2, 0.25) is 0 Å². The molecule has 0 bridgehead atoms. The zero-order valence-corrected chi connectivity index (χ0v) is 21.0. The molecule has 0 spiro atoms. The van der Waals surface area contributed by atoms with Gasteiger partial charge in [0.25, 0.3) is 0 Å². The average molecular weight is 467 g/mol. The van der Waals surface area contributed by atoms with E-state index in [0.717, 1.165) is 53.7 Å². The second kappa shape index (κ2) is 15.0. The molecule has 0 saturated carbocycles. The number of piperidine rings is 1. The summed E-state index contributed by atoms with van der Waals surface area (Å²) in [6.07, 6.45) is 12.3. The van der Waals surface area contributed by atoms with Gasteiger partial charge < -0.3 is 15.5 Å². The van der Waals surface area contributed by atoms with Gasteiger partial charge >= 0.3 is 0 Å². The fourth-order valence-electron chi connectivity index (χ4n) is 4.04. The van der Waals surface area contributed by atoms with Crippen LogP contribution in [-0.2, 0) is 0 Å². The van der Waals surface area contributed by atoms with Crippen molar-refractivity contribution in [3.8, 4) is 11.3 Å². The van der Waals surface area contributed by atoms with E-state index in [0.29, 0.717) is 18.6 Å². The first-order valence-electron chi connectivity index (χ1n) is 12.2. The number of rotatable bonds is 7. The molecule has 0 radical (unpaired) electrons. The molecule has 184 valence electrons. The second-order valence-corrected chi connectivity index (χ2v) is 7.82. The van der Waals surface area contributed by atoms with Gasteiger partial charge in [0, 0.05) is 61.8 Å². The Morgan fingerprint density at radius 2 is 1.97 bits per heavy atom. The van der Waals surface area contributed by atoms with E-state index < -0.39 is 0 Å². The number of halogens is 1. The summed E-state index contributed by atoms with van der Waals surface area (Å²) < 4.78 is 12.0. The number of nitrogens with one attached hydrogen (secondary N) is 2. The third kappa shape index (κ3) is 7.76. The Hall–Kier alpha value is -3.06. The highest BCUT2D eigenvalue weighted by molar-refractivity contribution is 5.87. The summed E-state index contributed by atoms with van der Waals surface area (Å²) in [5, 5.41) is 8.53. The molecular weight excluding hydrogens is 427 g/mol. The van der Waals surface area contributed by atoms with Gasteiger partial charge in [0.1, 0.15) is 12.5 Å². The van der Waals surface area contributed by atoms with Crippen molar-refractivity contribution in [2.24, 2.45) is 0 Å². The molecular formula is C27H39FN6. The van der Waals surface area contributed by atoms with Crippen molar-refractivity contribution in [1.82, 2.24) is 25.2 Å². The summed E-state index contributed by atoms with van der Waals surface area (Å²) in [6, 6.07) is 9.28. The molecule has 2 aromatic heterocycles. The number of fused-ring (bicyclic) bond motifs is 1.